The number of thiazole rings is 1. The minimum Gasteiger partial charge on any atom is -0.352 e. The van der Waals surface area contributed by atoms with Gasteiger partial charge in [-0.25, -0.2) is 9.67 Å². The number of anilines is 1. The fourth-order valence-electron chi connectivity index (χ4n) is 1.34. The van der Waals surface area contributed by atoms with Crippen LogP contribution in [0.1, 0.15) is 5.69 Å². The number of nitrogens with one attached hydrogen (secondary N) is 1. The van der Waals surface area contributed by atoms with Crippen molar-refractivity contribution in [1.29, 1.82) is 0 Å². The number of rotatable bonds is 2. The SMILES string of the molecule is Cc1nn(C)c2nc(NCC(F)(F)F)sc12. The van der Waals surface area contributed by atoms with Gasteiger partial charge in [-0.3, -0.25) is 0 Å². The second-order valence-electron chi connectivity index (χ2n) is 3.35. The van der Waals surface area contributed by atoms with Gasteiger partial charge in [-0.05, 0) is 6.92 Å². The molecule has 4 nitrogen and oxygen atoms in total. The van der Waals surface area contributed by atoms with Gasteiger partial charge in [0.25, 0.3) is 0 Å². The van der Waals surface area contributed by atoms with E-state index in [2.05, 4.69) is 15.4 Å². The summed E-state index contributed by atoms with van der Waals surface area (Å²) in [7, 11) is 1.71. The highest BCUT2D eigenvalue weighted by molar-refractivity contribution is 7.22. The summed E-state index contributed by atoms with van der Waals surface area (Å²) in [5, 5.41) is 6.64. The summed E-state index contributed by atoms with van der Waals surface area (Å²) in [6.45, 7) is 0.730. The lowest BCUT2D eigenvalue weighted by atomic mass is 10.5. The summed E-state index contributed by atoms with van der Waals surface area (Å²) in [5.41, 5.74) is 1.38. The molecule has 1 N–H and O–H groups in total. The molecule has 0 saturated carbocycles. The molecule has 0 aliphatic heterocycles. The smallest absolute Gasteiger partial charge is 0.352 e. The average Bonchev–Trinajstić information content (AvgIpc) is 2.65. The second kappa shape index (κ2) is 3.62. The normalized spacial score (nSPS) is 12.3. The number of hydrogen-bond acceptors (Lipinski definition) is 4. The van der Waals surface area contributed by atoms with E-state index in [1.807, 2.05) is 0 Å². The van der Waals surface area contributed by atoms with E-state index in [0.717, 1.165) is 10.4 Å². The number of aryl methyl sites for hydroxylation is 2. The first-order valence-electron chi connectivity index (χ1n) is 4.47. The van der Waals surface area contributed by atoms with Crippen molar-refractivity contribution in [2.75, 3.05) is 11.9 Å². The van der Waals surface area contributed by atoms with Crippen LogP contribution < -0.4 is 5.32 Å². The Balaban J connectivity index is 2.24. The van der Waals surface area contributed by atoms with Crippen LogP contribution in [0.25, 0.3) is 10.3 Å². The molecule has 0 fully saturated rings. The highest BCUT2D eigenvalue weighted by atomic mass is 32.1. The summed E-state index contributed by atoms with van der Waals surface area (Å²) in [6.07, 6.45) is -4.23. The Morgan fingerprint density at radius 3 is 2.69 bits per heavy atom. The fraction of sp³-hybridized carbons (Fsp3) is 0.500. The molecular formula is C8H9F3N4S. The number of halogens is 3. The number of hydrogen-bond donors (Lipinski definition) is 1. The first-order chi connectivity index (χ1) is 7.37. The lowest BCUT2D eigenvalue weighted by Gasteiger charge is -2.05. The molecule has 0 saturated heterocycles. The molecule has 2 rings (SSSR count). The maximum absolute atomic E-state index is 12.0. The quantitative estimate of drug-likeness (QED) is 0.889. The Hall–Kier alpha value is -1.31. The van der Waals surface area contributed by atoms with Crippen LogP contribution in [-0.2, 0) is 7.05 Å². The minimum atomic E-state index is -4.23. The first-order valence-corrected chi connectivity index (χ1v) is 5.29. The van der Waals surface area contributed by atoms with Gasteiger partial charge in [-0.1, -0.05) is 11.3 Å². The van der Waals surface area contributed by atoms with E-state index in [4.69, 9.17) is 0 Å². The molecule has 88 valence electrons. The lowest BCUT2D eigenvalue weighted by Crippen LogP contribution is -2.21. The highest BCUT2D eigenvalue weighted by Crippen LogP contribution is 2.28. The van der Waals surface area contributed by atoms with Crippen LogP contribution in [0.3, 0.4) is 0 Å². The third-order valence-corrected chi connectivity index (χ3v) is 3.10. The third-order valence-electron chi connectivity index (χ3n) is 1.98. The predicted molar refractivity (Wildman–Crippen MR) is 55.7 cm³/mol. The highest BCUT2D eigenvalue weighted by Gasteiger charge is 2.27. The summed E-state index contributed by atoms with van der Waals surface area (Å²) >= 11 is 1.18. The van der Waals surface area contributed by atoms with Gasteiger partial charge < -0.3 is 5.32 Å². The molecule has 0 amide bonds. The molecule has 16 heavy (non-hydrogen) atoms. The number of aromatic nitrogens is 3. The monoisotopic (exact) mass is 250 g/mol. The van der Waals surface area contributed by atoms with Gasteiger partial charge in [0.15, 0.2) is 10.8 Å². The Labute approximate surface area is 93.1 Å². The number of nitrogens with zero attached hydrogens (tertiary/aromatic N) is 3. The molecule has 0 aliphatic rings. The zero-order valence-electron chi connectivity index (χ0n) is 8.59. The molecule has 2 aromatic heterocycles. The van der Waals surface area contributed by atoms with E-state index in [1.165, 1.54) is 11.3 Å². The molecule has 0 unspecified atom stereocenters. The van der Waals surface area contributed by atoms with Crippen LogP contribution in [0, 0.1) is 6.92 Å². The minimum absolute atomic E-state index is 0.267. The molecule has 0 spiro atoms. The zero-order valence-corrected chi connectivity index (χ0v) is 9.41. The van der Waals surface area contributed by atoms with E-state index in [0.29, 0.717) is 5.65 Å². The Bertz CT molecular complexity index is 479. The van der Waals surface area contributed by atoms with Gasteiger partial charge in [0.1, 0.15) is 6.54 Å². The van der Waals surface area contributed by atoms with Crippen molar-refractivity contribution < 1.29 is 13.2 Å². The van der Waals surface area contributed by atoms with Crippen LogP contribution in [0.2, 0.25) is 0 Å². The third kappa shape index (κ3) is 2.11. The molecule has 2 heterocycles. The van der Waals surface area contributed by atoms with E-state index >= 15 is 0 Å². The lowest BCUT2D eigenvalue weighted by molar-refractivity contribution is -0.115. The van der Waals surface area contributed by atoms with E-state index in [9.17, 15) is 13.2 Å². The van der Waals surface area contributed by atoms with E-state index in [1.54, 1.807) is 18.7 Å². The molecule has 2 aromatic rings. The molecule has 0 aliphatic carbocycles. The number of fused-ring (bicyclic) bond motifs is 1. The maximum Gasteiger partial charge on any atom is 0.405 e. The topological polar surface area (TPSA) is 42.7 Å². The van der Waals surface area contributed by atoms with Gasteiger partial charge in [-0.15, -0.1) is 0 Å². The second-order valence-corrected chi connectivity index (χ2v) is 4.35. The van der Waals surface area contributed by atoms with Gasteiger partial charge in [-0.2, -0.15) is 18.3 Å². The summed E-state index contributed by atoms with van der Waals surface area (Å²) in [6, 6.07) is 0. The molecule has 8 heteroatoms. The summed E-state index contributed by atoms with van der Waals surface area (Å²) in [4.78, 5) is 4.04. The maximum atomic E-state index is 12.0. The van der Waals surface area contributed by atoms with Gasteiger partial charge in [0, 0.05) is 7.05 Å². The van der Waals surface area contributed by atoms with Gasteiger partial charge in [0.2, 0.25) is 0 Å². The van der Waals surface area contributed by atoms with Crippen LogP contribution in [0.4, 0.5) is 18.3 Å². The van der Waals surface area contributed by atoms with Crippen molar-refractivity contribution in [2.45, 2.75) is 13.1 Å². The molecule has 0 atom stereocenters. The Morgan fingerprint density at radius 2 is 2.12 bits per heavy atom. The van der Waals surface area contributed by atoms with Crippen molar-refractivity contribution in [3.63, 3.8) is 0 Å². The molecule has 0 bridgehead atoms. The van der Waals surface area contributed by atoms with Crippen molar-refractivity contribution in [3.05, 3.63) is 5.69 Å². The Kier molecular flexibility index (Phi) is 2.53. The zero-order chi connectivity index (χ0) is 11.9. The van der Waals surface area contributed by atoms with Gasteiger partial charge >= 0.3 is 6.18 Å². The van der Waals surface area contributed by atoms with Crippen LogP contribution in [0.5, 0.6) is 0 Å². The van der Waals surface area contributed by atoms with Crippen LogP contribution in [-0.4, -0.2) is 27.5 Å². The average molecular weight is 250 g/mol. The van der Waals surface area contributed by atoms with E-state index < -0.39 is 12.7 Å². The van der Waals surface area contributed by atoms with Crippen molar-refractivity contribution in [3.8, 4) is 0 Å². The van der Waals surface area contributed by atoms with E-state index in [-0.39, 0.29) is 5.13 Å². The van der Waals surface area contributed by atoms with Crippen molar-refractivity contribution in [1.82, 2.24) is 14.8 Å². The van der Waals surface area contributed by atoms with Crippen LogP contribution in [0.15, 0.2) is 0 Å². The largest absolute Gasteiger partial charge is 0.405 e. The summed E-state index contributed by atoms with van der Waals surface area (Å²) < 4.78 is 38.3. The predicted octanol–water partition coefficient (Wildman–Crippen LogP) is 2.31. The first kappa shape index (κ1) is 11.2. The Morgan fingerprint density at radius 1 is 1.44 bits per heavy atom. The van der Waals surface area contributed by atoms with Crippen molar-refractivity contribution in [2.24, 2.45) is 7.05 Å². The van der Waals surface area contributed by atoms with Gasteiger partial charge in [0.05, 0.1) is 10.4 Å². The summed E-state index contributed by atoms with van der Waals surface area (Å²) in [5.74, 6) is 0. The van der Waals surface area contributed by atoms with Crippen molar-refractivity contribution >= 4 is 26.8 Å². The fourth-order valence-corrected chi connectivity index (χ4v) is 2.26. The molecular weight excluding hydrogens is 241 g/mol. The standard InChI is InChI=1S/C8H9F3N4S/c1-4-5-6(15(2)14-4)13-7(16-5)12-3-8(9,10)11/h3H2,1-2H3,(H,12,13). The molecule has 0 radical (unpaired) electrons. The number of alkyl halides is 3. The molecule has 0 aromatic carbocycles. The van der Waals surface area contributed by atoms with Crippen LogP contribution >= 0.6 is 11.3 Å².